The van der Waals surface area contributed by atoms with Crippen LogP contribution in [0, 0.1) is 5.92 Å². The van der Waals surface area contributed by atoms with Gasteiger partial charge in [-0.3, -0.25) is 9.78 Å². The number of rotatable bonds is 3. The van der Waals surface area contributed by atoms with Crippen molar-refractivity contribution in [3.8, 4) is 0 Å². The molecule has 3 rings (SSSR count). The summed E-state index contributed by atoms with van der Waals surface area (Å²) in [7, 11) is -2.46. The van der Waals surface area contributed by atoms with Gasteiger partial charge in [-0.25, -0.2) is 4.98 Å². The van der Waals surface area contributed by atoms with Gasteiger partial charge < -0.3 is 20.2 Å². The fourth-order valence-electron chi connectivity index (χ4n) is 3.55. The summed E-state index contributed by atoms with van der Waals surface area (Å²) in [4.78, 5) is 33.2. The van der Waals surface area contributed by atoms with Crippen LogP contribution >= 0.6 is 0 Å². The first-order valence-electron chi connectivity index (χ1n) is 7.48. The number of fused-ring (bicyclic) bond motifs is 1. The van der Waals surface area contributed by atoms with Crippen LogP contribution in [0.4, 0.5) is 5.95 Å². The summed E-state index contributed by atoms with van der Waals surface area (Å²) >= 11 is 0. The summed E-state index contributed by atoms with van der Waals surface area (Å²) in [6, 6.07) is -0.172. The Balaban J connectivity index is 2.09. The highest BCUT2D eigenvalue weighted by atomic mass is 28.4. The van der Waals surface area contributed by atoms with E-state index < -0.39 is 8.32 Å². The largest absolute Gasteiger partial charge is 0.432 e. The van der Waals surface area contributed by atoms with Gasteiger partial charge in [-0.2, -0.15) is 4.98 Å². The molecule has 0 saturated heterocycles. The van der Waals surface area contributed by atoms with Gasteiger partial charge in [-0.1, -0.05) is 6.58 Å². The van der Waals surface area contributed by atoms with Crippen molar-refractivity contribution in [1.82, 2.24) is 19.5 Å². The monoisotopic (exact) mass is 335 g/mol. The van der Waals surface area contributed by atoms with Gasteiger partial charge in [-0.15, -0.1) is 0 Å². The number of hydrogen-bond acceptors (Lipinski definition) is 6. The number of nitrogen functional groups attached to an aromatic ring is 1. The molecule has 0 radical (unpaired) electrons. The second-order valence-electron chi connectivity index (χ2n) is 6.65. The second kappa shape index (κ2) is 5.29. The molecule has 2 heterocycles. The Morgan fingerprint density at radius 3 is 2.83 bits per heavy atom. The van der Waals surface area contributed by atoms with Crippen molar-refractivity contribution in [2.45, 2.75) is 31.1 Å². The fourth-order valence-corrected chi connectivity index (χ4v) is 5.65. The van der Waals surface area contributed by atoms with Crippen LogP contribution in [0.25, 0.3) is 11.2 Å². The minimum atomic E-state index is -2.46. The number of hydrogen-bond donors (Lipinski definition) is 4. The number of H-pyrrole nitrogens is 1. The highest BCUT2D eigenvalue weighted by Gasteiger charge is 2.46. The molecule has 1 aliphatic rings. The van der Waals surface area contributed by atoms with Crippen LogP contribution in [0.2, 0.25) is 18.6 Å². The van der Waals surface area contributed by atoms with Crippen LogP contribution in [-0.4, -0.2) is 44.3 Å². The highest BCUT2D eigenvalue weighted by Crippen LogP contribution is 2.50. The van der Waals surface area contributed by atoms with Crippen molar-refractivity contribution < 1.29 is 9.90 Å². The molecule has 124 valence electrons. The Kier molecular flexibility index (Phi) is 3.66. The molecule has 0 aliphatic heterocycles. The van der Waals surface area contributed by atoms with Crippen molar-refractivity contribution in [3.63, 3.8) is 0 Å². The van der Waals surface area contributed by atoms with E-state index in [0.29, 0.717) is 12.1 Å². The van der Waals surface area contributed by atoms with E-state index in [4.69, 9.17) is 5.73 Å². The molecule has 1 unspecified atom stereocenters. The molecule has 8 nitrogen and oxygen atoms in total. The third kappa shape index (κ3) is 2.50. The summed E-state index contributed by atoms with van der Waals surface area (Å²) in [5.74, 6) is -0.136. The number of aromatic nitrogens is 4. The van der Waals surface area contributed by atoms with E-state index in [9.17, 15) is 14.7 Å². The van der Waals surface area contributed by atoms with E-state index in [1.54, 1.807) is 10.9 Å². The minimum absolute atomic E-state index is 0.0122. The molecular weight excluding hydrogens is 314 g/mol. The second-order valence-corrected chi connectivity index (χ2v) is 10.7. The summed E-state index contributed by atoms with van der Waals surface area (Å²) in [5, 5.41) is 9.72. The van der Waals surface area contributed by atoms with Crippen molar-refractivity contribution >= 4 is 25.4 Å². The molecule has 1 aliphatic carbocycles. The standard InChI is InChI=1S/C14H21N5O3Si/c1-7-8(5-20)10(23(2,3)22)4-9(7)19-6-16-11-12(19)17-14(15)18-13(11)21/h6,8-10,20,22H,1,4-5H2,2-3H3,(H3,15,17,18,21)/t8-,9-,10?/m0/s1. The quantitative estimate of drug-likeness (QED) is 0.474. The van der Waals surface area contributed by atoms with E-state index in [0.717, 1.165) is 5.57 Å². The van der Waals surface area contributed by atoms with Crippen LogP contribution in [0.5, 0.6) is 0 Å². The lowest BCUT2D eigenvalue weighted by atomic mass is 10.0. The van der Waals surface area contributed by atoms with Gasteiger partial charge in [0.25, 0.3) is 5.56 Å². The maximum absolute atomic E-state index is 11.9. The maximum atomic E-state index is 11.9. The Hall–Kier alpha value is -1.97. The lowest BCUT2D eigenvalue weighted by molar-refractivity contribution is 0.243. The molecule has 9 heteroatoms. The summed E-state index contributed by atoms with van der Waals surface area (Å²) in [6.07, 6.45) is 2.19. The van der Waals surface area contributed by atoms with Crippen LogP contribution in [0.3, 0.4) is 0 Å². The van der Waals surface area contributed by atoms with E-state index in [1.807, 2.05) is 13.1 Å². The van der Waals surface area contributed by atoms with E-state index in [2.05, 4.69) is 21.5 Å². The smallest absolute Gasteiger partial charge is 0.280 e. The average Bonchev–Trinajstić information content (AvgIpc) is 2.99. The molecule has 5 N–H and O–H groups in total. The molecule has 1 saturated carbocycles. The Morgan fingerprint density at radius 2 is 2.26 bits per heavy atom. The first-order valence-corrected chi connectivity index (χ1v) is 10.5. The van der Waals surface area contributed by atoms with Crippen LogP contribution < -0.4 is 11.3 Å². The zero-order valence-corrected chi connectivity index (χ0v) is 14.2. The number of nitrogens with two attached hydrogens (primary N) is 1. The van der Waals surface area contributed by atoms with Gasteiger partial charge in [0.2, 0.25) is 5.95 Å². The number of aliphatic hydroxyl groups excluding tert-OH is 1. The fraction of sp³-hybridized carbons (Fsp3) is 0.500. The molecule has 2 aromatic heterocycles. The zero-order chi connectivity index (χ0) is 16.9. The summed E-state index contributed by atoms with van der Waals surface area (Å²) in [5.41, 5.74) is 6.67. The minimum Gasteiger partial charge on any atom is -0.432 e. The van der Waals surface area contributed by atoms with Crippen molar-refractivity contribution in [2.24, 2.45) is 5.92 Å². The van der Waals surface area contributed by atoms with Crippen LogP contribution in [0.1, 0.15) is 12.5 Å². The van der Waals surface area contributed by atoms with Gasteiger partial charge in [0.1, 0.15) is 0 Å². The van der Waals surface area contributed by atoms with Gasteiger partial charge in [-0.05, 0) is 30.6 Å². The third-order valence-electron chi connectivity index (χ3n) is 4.76. The number of aromatic amines is 1. The number of nitrogens with one attached hydrogen (secondary N) is 1. The third-order valence-corrected chi connectivity index (χ3v) is 7.21. The summed E-state index contributed by atoms with van der Waals surface area (Å²) in [6.45, 7) is 7.79. The summed E-state index contributed by atoms with van der Waals surface area (Å²) < 4.78 is 1.77. The van der Waals surface area contributed by atoms with Gasteiger partial charge in [0.05, 0.1) is 12.4 Å². The van der Waals surface area contributed by atoms with Crippen molar-refractivity contribution in [2.75, 3.05) is 12.3 Å². The Morgan fingerprint density at radius 1 is 1.57 bits per heavy atom. The highest BCUT2D eigenvalue weighted by molar-refractivity contribution is 6.71. The normalized spacial score (nSPS) is 25.4. The topological polar surface area (TPSA) is 130 Å². The number of aliphatic hydroxyl groups is 1. The number of nitrogens with zero attached hydrogens (tertiary/aromatic N) is 3. The SMILES string of the molecule is C=C1[C@H](CO)C([Si](C)(C)O)C[C@@H]1n1cnc2c(=O)[nH]c(N)nc21. The van der Waals surface area contributed by atoms with Crippen LogP contribution in [0.15, 0.2) is 23.3 Å². The zero-order valence-electron chi connectivity index (χ0n) is 13.2. The van der Waals surface area contributed by atoms with E-state index >= 15 is 0 Å². The molecule has 3 atom stereocenters. The van der Waals surface area contributed by atoms with Gasteiger partial charge in [0, 0.05) is 12.5 Å². The average molecular weight is 335 g/mol. The van der Waals surface area contributed by atoms with E-state index in [1.165, 1.54) is 0 Å². The predicted octanol–water partition coefficient (Wildman–Crippen LogP) is 0.379. The molecule has 0 spiro atoms. The Labute approximate surface area is 133 Å². The molecule has 1 fully saturated rings. The van der Waals surface area contributed by atoms with E-state index in [-0.39, 0.29) is 41.1 Å². The van der Waals surface area contributed by atoms with Crippen molar-refractivity contribution in [3.05, 3.63) is 28.8 Å². The van der Waals surface area contributed by atoms with Gasteiger partial charge >= 0.3 is 0 Å². The van der Waals surface area contributed by atoms with Gasteiger partial charge in [0.15, 0.2) is 19.5 Å². The molecule has 2 aromatic rings. The molecule has 0 amide bonds. The Bertz CT molecular complexity index is 822. The lowest BCUT2D eigenvalue weighted by Crippen LogP contribution is -2.35. The maximum Gasteiger partial charge on any atom is 0.280 e. The van der Waals surface area contributed by atoms with Crippen molar-refractivity contribution in [1.29, 1.82) is 0 Å². The lowest BCUT2D eigenvalue weighted by Gasteiger charge is -2.27. The molecule has 23 heavy (non-hydrogen) atoms. The molecule has 0 bridgehead atoms. The number of anilines is 1. The number of imidazole rings is 1. The molecule has 0 aromatic carbocycles. The van der Waals surface area contributed by atoms with Crippen LogP contribution in [-0.2, 0) is 0 Å². The first kappa shape index (κ1) is 15.9. The first-order chi connectivity index (χ1) is 10.7. The molecular formula is C14H21N5O3Si. The predicted molar refractivity (Wildman–Crippen MR) is 89.4 cm³/mol.